The lowest BCUT2D eigenvalue weighted by atomic mass is 10.1. The summed E-state index contributed by atoms with van der Waals surface area (Å²) in [5.74, 6) is 1.01. The fourth-order valence-corrected chi connectivity index (χ4v) is 2.89. The molecule has 1 aliphatic rings. The Morgan fingerprint density at radius 3 is 2.35 bits per heavy atom. The van der Waals surface area contributed by atoms with E-state index in [4.69, 9.17) is 4.74 Å². The monoisotopic (exact) mass is 309 g/mol. The third kappa shape index (κ3) is 4.67. The number of rotatable bonds is 7. The Balaban J connectivity index is 1.49. The number of likely N-dealkylation sites (tertiary alicyclic amines) is 1. The number of ether oxygens (including phenoxy) is 1. The molecule has 0 aromatic heterocycles. The predicted molar refractivity (Wildman–Crippen MR) is 91.8 cm³/mol. The first-order chi connectivity index (χ1) is 11.3. The van der Waals surface area contributed by atoms with E-state index in [0.717, 1.165) is 36.5 Å². The third-order valence-corrected chi connectivity index (χ3v) is 4.28. The van der Waals surface area contributed by atoms with E-state index in [1.165, 1.54) is 12.8 Å². The van der Waals surface area contributed by atoms with Crippen LogP contribution in [0.4, 0.5) is 0 Å². The van der Waals surface area contributed by atoms with Crippen LogP contribution in [0.3, 0.4) is 0 Å². The maximum Gasteiger partial charge on any atom is 0.164 e. The molecule has 1 heterocycles. The average Bonchev–Trinajstić information content (AvgIpc) is 3.13. The van der Waals surface area contributed by atoms with Gasteiger partial charge in [-0.05, 0) is 55.8 Å². The van der Waals surface area contributed by atoms with Crippen LogP contribution in [0, 0.1) is 0 Å². The number of Topliss-reactive ketones (excluding diaryl/α,β-unsaturated/α-hetero) is 1. The van der Waals surface area contributed by atoms with E-state index in [1.807, 2.05) is 54.6 Å². The van der Waals surface area contributed by atoms with Gasteiger partial charge in [0.1, 0.15) is 12.4 Å². The lowest BCUT2D eigenvalue weighted by Crippen LogP contribution is -2.22. The molecule has 3 nitrogen and oxygen atoms in total. The predicted octanol–water partition coefficient (Wildman–Crippen LogP) is 3.93. The topological polar surface area (TPSA) is 29.5 Å². The van der Waals surface area contributed by atoms with Gasteiger partial charge in [0.15, 0.2) is 5.78 Å². The molecule has 3 rings (SSSR count). The molecule has 0 N–H and O–H groups in total. The Bertz CT molecular complexity index is 616. The van der Waals surface area contributed by atoms with Gasteiger partial charge in [0.05, 0.1) is 0 Å². The summed E-state index contributed by atoms with van der Waals surface area (Å²) >= 11 is 0. The third-order valence-electron chi connectivity index (χ3n) is 4.28. The zero-order chi connectivity index (χ0) is 15.9. The number of carbonyl (C=O) groups excluding carboxylic acids is 1. The van der Waals surface area contributed by atoms with E-state index in [9.17, 15) is 4.79 Å². The van der Waals surface area contributed by atoms with Crippen LogP contribution in [0.1, 0.15) is 35.2 Å². The van der Waals surface area contributed by atoms with E-state index in [0.29, 0.717) is 13.0 Å². The van der Waals surface area contributed by atoms with Crippen molar-refractivity contribution < 1.29 is 9.53 Å². The molecule has 3 heteroatoms. The molecule has 0 aliphatic carbocycles. The van der Waals surface area contributed by atoms with Crippen molar-refractivity contribution in [2.75, 3.05) is 19.6 Å². The highest BCUT2D eigenvalue weighted by atomic mass is 16.5. The molecule has 1 aliphatic heterocycles. The smallest absolute Gasteiger partial charge is 0.164 e. The Kier molecular flexibility index (Phi) is 5.43. The lowest BCUT2D eigenvalue weighted by Gasteiger charge is -2.13. The van der Waals surface area contributed by atoms with Crippen molar-refractivity contribution in [1.82, 2.24) is 4.90 Å². The molecule has 1 fully saturated rings. The van der Waals surface area contributed by atoms with Crippen molar-refractivity contribution in [2.24, 2.45) is 0 Å². The largest absolute Gasteiger partial charge is 0.489 e. The number of carbonyl (C=O) groups is 1. The molecule has 2 aromatic rings. The molecule has 0 spiro atoms. The molecule has 0 unspecified atom stereocenters. The zero-order valence-corrected chi connectivity index (χ0v) is 13.4. The maximum absolute atomic E-state index is 12.2. The summed E-state index contributed by atoms with van der Waals surface area (Å²) in [7, 11) is 0. The molecule has 1 saturated heterocycles. The minimum atomic E-state index is 0.214. The van der Waals surface area contributed by atoms with Gasteiger partial charge in [-0.1, -0.05) is 30.3 Å². The average molecular weight is 309 g/mol. The summed E-state index contributed by atoms with van der Waals surface area (Å²) in [6.07, 6.45) is 3.13. The number of hydrogen-bond acceptors (Lipinski definition) is 3. The number of benzene rings is 2. The number of hydrogen-bond donors (Lipinski definition) is 0. The normalized spacial score (nSPS) is 14.8. The van der Waals surface area contributed by atoms with Gasteiger partial charge in [-0.15, -0.1) is 0 Å². The Morgan fingerprint density at radius 2 is 1.65 bits per heavy atom. The van der Waals surface area contributed by atoms with Crippen molar-refractivity contribution in [1.29, 1.82) is 0 Å². The highest BCUT2D eigenvalue weighted by Gasteiger charge is 2.13. The van der Waals surface area contributed by atoms with Crippen LogP contribution in [0.2, 0.25) is 0 Å². The van der Waals surface area contributed by atoms with E-state index >= 15 is 0 Å². The molecule has 120 valence electrons. The summed E-state index contributed by atoms with van der Waals surface area (Å²) in [5.41, 5.74) is 1.91. The van der Waals surface area contributed by atoms with Crippen molar-refractivity contribution in [2.45, 2.75) is 25.9 Å². The number of nitrogens with zero attached hydrogens (tertiary/aromatic N) is 1. The van der Waals surface area contributed by atoms with E-state index < -0.39 is 0 Å². The summed E-state index contributed by atoms with van der Waals surface area (Å²) in [5, 5.41) is 0. The van der Waals surface area contributed by atoms with Gasteiger partial charge in [0.2, 0.25) is 0 Å². The van der Waals surface area contributed by atoms with Crippen LogP contribution >= 0.6 is 0 Å². The highest BCUT2D eigenvalue weighted by molar-refractivity contribution is 5.96. The second kappa shape index (κ2) is 7.93. The van der Waals surface area contributed by atoms with Gasteiger partial charge < -0.3 is 9.64 Å². The van der Waals surface area contributed by atoms with E-state index in [-0.39, 0.29) is 5.78 Å². The molecular weight excluding hydrogens is 286 g/mol. The van der Waals surface area contributed by atoms with Gasteiger partial charge in [-0.25, -0.2) is 0 Å². The first-order valence-electron chi connectivity index (χ1n) is 8.33. The summed E-state index contributed by atoms with van der Waals surface area (Å²) in [6.45, 7) is 3.70. The van der Waals surface area contributed by atoms with Crippen molar-refractivity contribution in [3.8, 4) is 5.75 Å². The fraction of sp³-hybridized carbons (Fsp3) is 0.350. The summed E-state index contributed by atoms with van der Waals surface area (Å²) in [6, 6.07) is 17.6. The van der Waals surface area contributed by atoms with Gasteiger partial charge in [0.25, 0.3) is 0 Å². The second-order valence-electron chi connectivity index (χ2n) is 6.02. The Morgan fingerprint density at radius 1 is 0.957 bits per heavy atom. The maximum atomic E-state index is 12.2. The van der Waals surface area contributed by atoms with Crippen LogP contribution in [0.25, 0.3) is 0 Å². The van der Waals surface area contributed by atoms with Crippen LogP contribution in [-0.2, 0) is 6.61 Å². The molecule has 0 saturated carbocycles. The van der Waals surface area contributed by atoms with Crippen molar-refractivity contribution in [3.63, 3.8) is 0 Å². The first-order valence-corrected chi connectivity index (χ1v) is 8.33. The number of ketones is 1. The standard InChI is InChI=1S/C20H23NO2/c22-20(12-15-21-13-4-5-14-21)18-8-10-19(11-9-18)23-16-17-6-2-1-3-7-17/h1-3,6-11H,4-5,12-16H2. The van der Waals surface area contributed by atoms with E-state index in [2.05, 4.69) is 4.90 Å². The van der Waals surface area contributed by atoms with Gasteiger partial charge in [-0.3, -0.25) is 4.79 Å². The molecule has 23 heavy (non-hydrogen) atoms. The lowest BCUT2D eigenvalue weighted by molar-refractivity contribution is 0.0969. The molecule has 0 bridgehead atoms. The molecular formula is C20H23NO2. The fourth-order valence-electron chi connectivity index (χ4n) is 2.89. The summed E-state index contributed by atoms with van der Waals surface area (Å²) in [4.78, 5) is 14.6. The summed E-state index contributed by atoms with van der Waals surface area (Å²) < 4.78 is 5.75. The van der Waals surface area contributed by atoms with Crippen molar-refractivity contribution >= 4 is 5.78 Å². The van der Waals surface area contributed by atoms with Crippen LogP contribution < -0.4 is 4.74 Å². The van der Waals surface area contributed by atoms with Crippen LogP contribution in [0.5, 0.6) is 5.75 Å². The minimum absolute atomic E-state index is 0.214. The van der Waals surface area contributed by atoms with Crippen LogP contribution in [0.15, 0.2) is 54.6 Å². The van der Waals surface area contributed by atoms with Gasteiger partial charge in [-0.2, -0.15) is 0 Å². The molecule has 0 radical (unpaired) electrons. The highest BCUT2D eigenvalue weighted by Crippen LogP contribution is 2.16. The van der Waals surface area contributed by atoms with E-state index in [1.54, 1.807) is 0 Å². The second-order valence-corrected chi connectivity index (χ2v) is 6.02. The quantitative estimate of drug-likeness (QED) is 0.726. The molecule has 0 atom stereocenters. The molecule has 2 aromatic carbocycles. The van der Waals surface area contributed by atoms with Gasteiger partial charge in [0, 0.05) is 18.5 Å². The Hall–Kier alpha value is -2.13. The zero-order valence-electron chi connectivity index (χ0n) is 13.4. The Labute approximate surface area is 137 Å². The first kappa shape index (κ1) is 15.8. The SMILES string of the molecule is O=C(CCN1CCCC1)c1ccc(OCc2ccccc2)cc1. The van der Waals surface area contributed by atoms with Crippen LogP contribution in [-0.4, -0.2) is 30.3 Å². The van der Waals surface area contributed by atoms with Crippen molar-refractivity contribution in [3.05, 3.63) is 65.7 Å². The minimum Gasteiger partial charge on any atom is -0.489 e. The van der Waals surface area contributed by atoms with Gasteiger partial charge >= 0.3 is 0 Å². The molecule has 0 amide bonds.